The lowest BCUT2D eigenvalue weighted by Crippen LogP contribution is -2.39. The zero-order valence-electron chi connectivity index (χ0n) is 17.0. The molecule has 0 amide bonds. The van der Waals surface area contributed by atoms with Gasteiger partial charge >= 0.3 is 0 Å². The number of ether oxygens (including phenoxy) is 1. The largest absolute Gasteiger partial charge is 0.390 e. The Bertz CT molecular complexity index is 780. The monoisotopic (exact) mass is 400 g/mol. The van der Waals surface area contributed by atoms with Crippen LogP contribution < -0.4 is 0 Å². The predicted molar refractivity (Wildman–Crippen MR) is 111 cm³/mol. The number of nitrogens with zero attached hydrogens (tertiary/aromatic N) is 2. The number of hydrogen-bond acceptors (Lipinski definition) is 5. The van der Waals surface area contributed by atoms with Crippen molar-refractivity contribution in [1.82, 2.24) is 4.90 Å². The Morgan fingerprint density at radius 3 is 2.59 bits per heavy atom. The summed E-state index contributed by atoms with van der Waals surface area (Å²) in [4.78, 5) is 7.77. The molecule has 5 nitrogen and oxygen atoms in total. The zero-order chi connectivity index (χ0) is 20.6. The molecule has 2 atom stereocenters. The summed E-state index contributed by atoms with van der Waals surface area (Å²) in [6, 6.07) is 16.4. The highest BCUT2D eigenvalue weighted by atomic mass is 19.1. The number of oxime groups is 1. The summed E-state index contributed by atoms with van der Waals surface area (Å²) in [6.07, 6.45) is 0.0653. The molecule has 0 radical (unpaired) electrons. The van der Waals surface area contributed by atoms with E-state index in [0.717, 1.165) is 16.8 Å². The molecular weight excluding hydrogens is 371 g/mol. The number of aliphatic hydroxyl groups excluding tert-OH is 1. The molecule has 1 heterocycles. The minimum absolute atomic E-state index is 0.0650. The Kier molecular flexibility index (Phi) is 7.75. The lowest BCUT2D eigenvalue weighted by Gasteiger charge is -2.27. The van der Waals surface area contributed by atoms with Gasteiger partial charge in [-0.15, -0.1) is 0 Å². The van der Waals surface area contributed by atoms with Crippen molar-refractivity contribution < 1.29 is 19.1 Å². The maximum Gasteiger partial charge on any atom is 0.145 e. The van der Waals surface area contributed by atoms with Gasteiger partial charge in [-0.2, -0.15) is 0 Å². The summed E-state index contributed by atoms with van der Waals surface area (Å²) in [7, 11) is 0. The topological polar surface area (TPSA) is 54.3 Å². The van der Waals surface area contributed by atoms with Crippen LogP contribution in [0.15, 0.2) is 59.8 Å². The lowest BCUT2D eigenvalue weighted by atomic mass is 10.0. The molecule has 0 spiro atoms. The first-order chi connectivity index (χ1) is 14.0. The maximum atomic E-state index is 13.2. The van der Waals surface area contributed by atoms with Crippen LogP contribution in [0.25, 0.3) is 0 Å². The second kappa shape index (κ2) is 10.5. The van der Waals surface area contributed by atoms with Crippen LogP contribution in [-0.4, -0.2) is 53.7 Å². The van der Waals surface area contributed by atoms with E-state index in [1.54, 1.807) is 12.1 Å². The van der Waals surface area contributed by atoms with E-state index in [2.05, 4.69) is 10.1 Å². The maximum absolute atomic E-state index is 13.2. The quantitative estimate of drug-likeness (QED) is 0.662. The van der Waals surface area contributed by atoms with Gasteiger partial charge in [0.05, 0.1) is 24.5 Å². The Morgan fingerprint density at radius 2 is 1.90 bits per heavy atom. The Hall–Kier alpha value is -2.28. The van der Waals surface area contributed by atoms with E-state index in [4.69, 9.17) is 9.57 Å². The zero-order valence-corrected chi connectivity index (χ0v) is 17.0. The van der Waals surface area contributed by atoms with Crippen LogP contribution in [0, 0.1) is 5.82 Å². The van der Waals surface area contributed by atoms with E-state index in [1.807, 2.05) is 44.2 Å². The summed E-state index contributed by atoms with van der Waals surface area (Å²) >= 11 is 0. The van der Waals surface area contributed by atoms with Gasteiger partial charge in [-0.1, -0.05) is 47.6 Å². The number of hydrogen-bond donors (Lipinski definition) is 1. The molecule has 0 aliphatic carbocycles. The molecule has 0 saturated heterocycles. The van der Waals surface area contributed by atoms with Crippen molar-refractivity contribution in [2.45, 2.75) is 45.1 Å². The van der Waals surface area contributed by atoms with E-state index in [1.165, 1.54) is 12.1 Å². The Morgan fingerprint density at radius 1 is 1.17 bits per heavy atom. The van der Waals surface area contributed by atoms with Gasteiger partial charge in [0.15, 0.2) is 0 Å². The number of benzene rings is 2. The highest BCUT2D eigenvalue weighted by Crippen LogP contribution is 2.19. The Balaban J connectivity index is 1.60. The van der Waals surface area contributed by atoms with Crippen molar-refractivity contribution in [1.29, 1.82) is 0 Å². The van der Waals surface area contributed by atoms with Gasteiger partial charge in [-0.25, -0.2) is 4.39 Å². The standard InChI is InChI=1S/C23H29FN2O3/c1-17(2)28-16-21(27)14-26(13-18-8-10-20(24)11-9-18)15-22-12-23(25-29-22)19-6-4-3-5-7-19/h3-11,17,21-22,27H,12-16H2,1-2H3/t21-,22-/m1/s1. The lowest BCUT2D eigenvalue weighted by molar-refractivity contribution is -0.0194. The highest BCUT2D eigenvalue weighted by Gasteiger charge is 2.25. The molecule has 0 fully saturated rings. The predicted octanol–water partition coefficient (Wildman–Crippen LogP) is 3.61. The second-order valence-electron chi connectivity index (χ2n) is 7.69. The van der Waals surface area contributed by atoms with E-state index >= 15 is 0 Å². The van der Waals surface area contributed by atoms with Crippen LogP contribution in [0.1, 0.15) is 31.4 Å². The Labute approximate surface area is 171 Å². The van der Waals surface area contributed by atoms with Crippen LogP contribution in [0.4, 0.5) is 4.39 Å². The third-order valence-corrected chi connectivity index (χ3v) is 4.71. The first-order valence-corrected chi connectivity index (χ1v) is 10.0. The minimum atomic E-state index is -0.617. The third kappa shape index (κ3) is 6.92. The molecule has 0 unspecified atom stereocenters. The summed E-state index contributed by atoms with van der Waals surface area (Å²) in [6.45, 7) is 5.78. The highest BCUT2D eigenvalue weighted by molar-refractivity contribution is 6.01. The molecule has 2 aromatic carbocycles. The fourth-order valence-corrected chi connectivity index (χ4v) is 3.32. The van der Waals surface area contributed by atoms with Gasteiger partial charge in [-0.05, 0) is 37.1 Å². The SMILES string of the molecule is CC(C)OC[C@H](O)CN(Cc1ccc(F)cc1)C[C@H]1CC(c2ccccc2)=NO1. The fourth-order valence-electron chi connectivity index (χ4n) is 3.32. The molecule has 2 aromatic rings. The van der Waals surface area contributed by atoms with Gasteiger partial charge in [0.25, 0.3) is 0 Å². The van der Waals surface area contributed by atoms with Crippen LogP contribution in [0.5, 0.6) is 0 Å². The summed E-state index contributed by atoms with van der Waals surface area (Å²) in [5.41, 5.74) is 2.97. The normalized spacial score (nSPS) is 17.4. The van der Waals surface area contributed by atoms with Crippen molar-refractivity contribution in [2.24, 2.45) is 5.16 Å². The van der Waals surface area contributed by atoms with Crippen molar-refractivity contribution in [3.8, 4) is 0 Å². The van der Waals surface area contributed by atoms with E-state index < -0.39 is 6.10 Å². The molecular formula is C23H29FN2O3. The number of rotatable bonds is 10. The first-order valence-electron chi connectivity index (χ1n) is 10.0. The molecule has 156 valence electrons. The van der Waals surface area contributed by atoms with Crippen LogP contribution >= 0.6 is 0 Å². The summed E-state index contributed by atoms with van der Waals surface area (Å²) < 4.78 is 18.8. The second-order valence-corrected chi connectivity index (χ2v) is 7.69. The average molecular weight is 400 g/mol. The number of halogens is 1. The van der Waals surface area contributed by atoms with Crippen LogP contribution in [0.2, 0.25) is 0 Å². The van der Waals surface area contributed by atoms with Gasteiger partial charge in [0.2, 0.25) is 0 Å². The molecule has 1 aliphatic rings. The summed E-state index contributed by atoms with van der Waals surface area (Å²) in [5.74, 6) is -0.259. The van der Waals surface area contributed by atoms with Crippen molar-refractivity contribution in [3.05, 3.63) is 71.5 Å². The number of aliphatic hydroxyl groups is 1. The minimum Gasteiger partial charge on any atom is -0.390 e. The first kappa shape index (κ1) is 21.4. The van der Waals surface area contributed by atoms with Crippen molar-refractivity contribution in [3.63, 3.8) is 0 Å². The molecule has 6 heteroatoms. The molecule has 1 aliphatic heterocycles. The summed E-state index contributed by atoms with van der Waals surface area (Å²) in [5, 5.41) is 14.6. The molecule has 29 heavy (non-hydrogen) atoms. The fraction of sp³-hybridized carbons (Fsp3) is 0.435. The van der Waals surface area contributed by atoms with Gasteiger partial charge < -0.3 is 14.7 Å². The van der Waals surface area contributed by atoms with E-state index in [0.29, 0.717) is 26.1 Å². The van der Waals surface area contributed by atoms with Crippen molar-refractivity contribution >= 4 is 5.71 Å². The average Bonchev–Trinajstić information content (AvgIpc) is 3.17. The molecule has 3 rings (SSSR count). The molecule has 0 saturated carbocycles. The molecule has 0 bridgehead atoms. The molecule has 1 N–H and O–H groups in total. The smallest absolute Gasteiger partial charge is 0.145 e. The van der Waals surface area contributed by atoms with Crippen molar-refractivity contribution in [2.75, 3.05) is 19.7 Å². The van der Waals surface area contributed by atoms with E-state index in [9.17, 15) is 9.50 Å². The van der Waals surface area contributed by atoms with Crippen LogP contribution in [0.3, 0.4) is 0 Å². The van der Waals surface area contributed by atoms with Gasteiger partial charge in [0.1, 0.15) is 11.9 Å². The van der Waals surface area contributed by atoms with E-state index in [-0.39, 0.29) is 24.6 Å². The van der Waals surface area contributed by atoms with Gasteiger partial charge in [0, 0.05) is 26.1 Å². The van der Waals surface area contributed by atoms with Gasteiger partial charge in [-0.3, -0.25) is 4.90 Å². The van der Waals surface area contributed by atoms with Crippen LogP contribution in [-0.2, 0) is 16.1 Å². The molecule has 0 aromatic heterocycles. The third-order valence-electron chi connectivity index (χ3n) is 4.71.